The number of benzene rings is 1. The summed E-state index contributed by atoms with van der Waals surface area (Å²) in [6.07, 6.45) is 4.86. The molecule has 36 heavy (non-hydrogen) atoms. The molecule has 0 amide bonds. The predicted molar refractivity (Wildman–Crippen MR) is 136 cm³/mol. The number of nitrogens with one attached hydrogen (secondary N) is 1. The molecular formula is C25H28ClN7O3. The van der Waals surface area contributed by atoms with E-state index < -0.39 is 5.76 Å². The summed E-state index contributed by atoms with van der Waals surface area (Å²) in [5, 5.41) is 4.42. The van der Waals surface area contributed by atoms with Crippen molar-refractivity contribution in [3.05, 3.63) is 39.8 Å². The normalized spacial score (nSPS) is 20.8. The van der Waals surface area contributed by atoms with Gasteiger partial charge < -0.3 is 14.2 Å². The lowest BCUT2D eigenvalue weighted by Gasteiger charge is -2.31. The van der Waals surface area contributed by atoms with Gasteiger partial charge in [0.1, 0.15) is 11.2 Å². The first-order valence-electron chi connectivity index (χ1n) is 12.5. The minimum absolute atomic E-state index is 0.161. The van der Waals surface area contributed by atoms with E-state index in [1.165, 1.54) is 25.7 Å². The number of hydrogen-bond acceptors (Lipinski definition) is 8. The molecule has 4 aromatic rings. The van der Waals surface area contributed by atoms with Crippen LogP contribution >= 0.6 is 11.6 Å². The van der Waals surface area contributed by atoms with Crippen molar-refractivity contribution in [1.29, 1.82) is 0 Å². The highest BCUT2D eigenvalue weighted by atomic mass is 35.5. The van der Waals surface area contributed by atoms with Gasteiger partial charge in [-0.3, -0.25) is 9.51 Å². The first-order valence-corrected chi connectivity index (χ1v) is 12.9. The third kappa shape index (κ3) is 4.51. The molecule has 11 heteroatoms. The number of rotatable bonds is 5. The summed E-state index contributed by atoms with van der Waals surface area (Å²) in [4.78, 5) is 31.0. The van der Waals surface area contributed by atoms with Gasteiger partial charge in [0.2, 0.25) is 17.6 Å². The molecule has 2 fully saturated rings. The molecule has 1 saturated carbocycles. The van der Waals surface area contributed by atoms with Gasteiger partial charge in [0.05, 0.1) is 13.2 Å². The number of morpholine rings is 1. The Kier molecular flexibility index (Phi) is 6.22. The summed E-state index contributed by atoms with van der Waals surface area (Å²) in [6, 6.07) is 7.58. The van der Waals surface area contributed by atoms with E-state index in [1.807, 2.05) is 24.3 Å². The summed E-state index contributed by atoms with van der Waals surface area (Å²) < 4.78 is 12.6. The quantitative estimate of drug-likeness (QED) is 0.426. The standard InChI is InChI=1S/C25H28ClN7O3/c1-15-5-7-16(8-6-15)14-33-20-19(17-3-2-4-18(26)13-17)27-22(23-30-25(34)36-31-23)28-21(20)29-24(33)32-9-11-35-12-10-32/h2-4,13,15-16H,5-12,14H2,1H3,(H,30,31,34). The average Bonchev–Trinajstić information content (AvgIpc) is 3.49. The van der Waals surface area contributed by atoms with E-state index in [9.17, 15) is 4.79 Å². The van der Waals surface area contributed by atoms with Crippen molar-refractivity contribution in [3.63, 3.8) is 0 Å². The van der Waals surface area contributed by atoms with Crippen molar-refractivity contribution in [2.45, 2.75) is 39.2 Å². The highest BCUT2D eigenvalue weighted by Gasteiger charge is 2.28. The van der Waals surface area contributed by atoms with Crippen LogP contribution in [-0.4, -0.2) is 56.0 Å². The van der Waals surface area contributed by atoms with Crippen LogP contribution in [0.1, 0.15) is 32.6 Å². The molecule has 1 aliphatic carbocycles. The molecule has 6 rings (SSSR count). The van der Waals surface area contributed by atoms with E-state index in [1.54, 1.807) is 0 Å². The lowest BCUT2D eigenvalue weighted by Crippen LogP contribution is -2.38. The molecule has 2 aliphatic rings. The predicted octanol–water partition coefficient (Wildman–Crippen LogP) is 4.15. The van der Waals surface area contributed by atoms with Gasteiger partial charge in [0.15, 0.2) is 5.65 Å². The summed E-state index contributed by atoms with van der Waals surface area (Å²) >= 11 is 6.38. The minimum Gasteiger partial charge on any atom is -0.378 e. The third-order valence-electron chi connectivity index (χ3n) is 7.20. The Morgan fingerprint density at radius 3 is 2.64 bits per heavy atom. The number of ether oxygens (including phenoxy) is 1. The van der Waals surface area contributed by atoms with Crippen LogP contribution in [0.5, 0.6) is 0 Å². The van der Waals surface area contributed by atoms with Gasteiger partial charge in [-0.15, -0.1) is 0 Å². The molecule has 0 radical (unpaired) electrons. The van der Waals surface area contributed by atoms with E-state index >= 15 is 0 Å². The Morgan fingerprint density at radius 2 is 1.92 bits per heavy atom. The second kappa shape index (κ2) is 9.67. The summed E-state index contributed by atoms with van der Waals surface area (Å²) in [5.74, 6) is 1.94. The fourth-order valence-electron chi connectivity index (χ4n) is 5.24. The van der Waals surface area contributed by atoms with Gasteiger partial charge in [-0.25, -0.2) is 14.8 Å². The molecule has 0 spiro atoms. The molecule has 0 unspecified atom stereocenters. The molecule has 4 heterocycles. The lowest BCUT2D eigenvalue weighted by molar-refractivity contribution is 0.121. The molecule has 1 aromatic carbocycles. The molecule has 188 valence electrons. The molecule has 0 bridgehead atoms. The molecule has 1 aliphatic heterocycles. The van der Waals surface area contributed by atoms with Crippen LogP contribution in [0.3, 0.4) is 0 Å². The maximum atomic E-state index is 11.6. The van der Waals surface area contributed by atoms with E-state index in [0.29, 0.717) is 35.5 Å². The van der Waals surface area contributed by atoms with E-state index in [4.69, 9.17) is 35.8 Å². The van der Waals surface area contributed by atoms with Gasteiger partial charge in [-0.1, -0.05) is 48.7 Å². The topological polar surface area (TPSA) is 115 Å². The number of aromatic amines is 1. The van der Waals surface area contributed by atoms with Crippen LogP contribution in [0.15, 0.2) is 33.6 Å². The number of hydrogen-bond donors (Lipinski definition) is 1. The molecule has 0 atom stereocenters. The summed E-state index contributed by atoms with van der Waals surface area (Å²) in [6.45, 7) is 6.00. The average molecular weight is 510 g/mol. The van der Waals surface area contributed by atoms with Gasteiger partial charge in [-0.05, 0) is 36.8 Å². The van der Waals surface area contributed by atoms with Crippen molar-refractivity contribution in [2.75, 3.05) is 31.2 Å². The molecular weight excluding hydrogens is 482 g/mol. The number of anilines is 1. The monoisotopic (exact) mass is 509 g/mol. The van der Waals surface area contributed by atoms with Crippen molar-refractivity contribution in [1.82, 2.24) is 29.7 Å². The van der Waals surface area contributed by atoms with E-state index in [2.05, 4.69) is 26.5 Å². The maximum Gasteiger partial charge on any atom is 0.439 e. The van der Waals surface area contributed by atoms with Crippen molar-refractivity contribution < 1.29 is 9.26 Å². The second-order valence-electron chi connectivity index (χ2n) is 9.77. The third-order valence-corrected chi connectivity index (χ3v) is 7.44. The maximum absolute atomic E-state index is 11.6. The van der Waals surface area contributed by atoms with Crippen molar-refractivity contribution in [3.8, 4) is 22.9 Å². The number of fused-ring (bicyclic) bond motifs is 1. The van der Waals surface area contributed by atoms with Crippen LogP contribution in [-0.2, 0) is 11.3 Å². The number of imidazole rings is 1. The van der Waals surface area contributed by atoms with E-state index in [-0.39, 0.29) is 11.6 Å². The Hall–Kier alpha value is -3.24. The Balaban J connectivity index is 1.56. The Labute approximate surface area is 212 Å². The minimum atomic E-state index is -0.663. The first kappa shape index (κ1) is 23.2. The number of aromatic nitrogens is 6. The van der Waals surface area contributed by atoms with Crippen LogP contribution in [0.4, 0.5) is 5.95 Å². The largest absolute Gasteiger partial charge is 0.439 e. The van der Waals surface area contributed by atoms with Crippen molar-refractivity contribution >= 4 is 28.7 Å². The Bertz CT molecular complexity index is 1430. The summed E-state index contributed by atoms with van der Waals surface area (Å²) in [7, 11) is 0. The van der Waals surface area contributed by atoms with Crippen LogP contribution < -0.4 is 10.7 Å². The van der Waals surface area contributed by atoms with Gasteiger partial charge in [-0.2, -0.15) is 4.98 Å². The van der Waals surface area contributed by atoms with E-state index in [0.717, 1.165) is 42.6 Å². The smallest absolute Gasteiger partial charge is 0.378 e. The van der Waals surface area contributed by atoms with Crippen LogP contribution in [0, 0.1) is 11.8 Å². The SMILES string of the molecule is CC1CCC(Cn2c(N3CCOCC3)nc3nc(-c4noc(=O)[nH]4)nc(-c4cccc(Cl)c4)c32)CC1. The Morgan fingerprint density at radius 1 is 1.11 bits per heavy atom. The van der Waals surface area contributed by atoms with Crippen LogP contribution in [0.25, 0.3) is 34.1 Å². The van der Waals surface area contributed by atoms with Crippen molar-refractivity contribution in [2.24, 2.45) is 11.8 Å². The number of H-pyrrole nitrogens is 1. The van der Waals surface area contributed by atoms with Gasteiger partial charge in [0.25, 0.3) is 0 Å². The highest BCUT2D eigenvalue weighted by molar-refractivity contribution is 6.30. The molecule has 1 N–H and O–H groups in total. The number of halogens is 1. The molecule has 10 nitrogen and oxygen atoms in total. The van der Waals surface area contributed by atoms with Crippen LogP contribution in [0.2, 0.25) is 5.02 Å². The highest BCUT2D eigenvalue weighted by Crippen LogP contribution is 2.36. The zero-order chi connectivity index (χ0) is 24.6. The summed E-state index contributed by atoms with van der Waals surface area (Å²) in [5.41, 5.74) is 2.93. The zero-order valence-electron chi connectivity index (χ0n) is 20.1. The first-order chi connectivity index (χ1) is 17.5. The van der Waals surface area contributed by atoms with Gasteiger partial charge >= 0.3 is 5.76 Å². The zero-order valence-corrected chi connectivity index (χ0v) is 20.9. The molecule has 1 saturated heterocycles. The molecule has 3 aromatic heterocycles. The lowest BCUT2D eigenvalue weighted by atomic mass is 9.83. The number of nitrogens with zero attached hydrogens (tertiary/aromatic N) is 6. The fourth-order valence-corrected chi connectivity index (χ4v) is 5.43. The van der Waals surface area contributed by atoms with Gasteiger partial charge in [0, 0.05) is 30.2 Å². The fraction of sp³-hybridized carbons (Fsp3) is 0.480. The second-order valence-corrected chi connectivity index (χ2v) is 10.2.